The maximum atomic E-state index is 11.3. The second kappa shape index (κ2) is 7.45. The van der Waals surface area contributed by atoms with Crippen molar-refractivity contribution in [2.45, 2.75) is 40.2 Å². The first-order chi connectivity index (χ1) is 7.96. The molecule has 0 rings (SSSR count). The van der Waals surface area contributed by atoms with E-state index in [1.807, 2.05) is 39.8 Å². The summed E-state index contributed by atoms with van der Waals surface area (Å²) in [4.78, 5) is 11.3. The second-order valence-corrected chi connectivity index (χ2v) is 4.03. The predicted molar refractivity (Wildman–Crippen MR) is 70.2 cm³/mol. The van der Waals surface area contributed by atoms with Crippen molar-refractivity contribution in [3.05, 3.63) is 35.6 Å². The van der Waals surface area contributed by atoms with Crippen LogP contribution < -0.4 is 5.32 Å². The number of carbonyl (C=O) groups excluding carboxylic acids is 1. The van der Waals surface area contributed by atoms with Gasteiger partial charge in [0.1, 0.15) is 6.07 Å². The van der Waals surface area contributed by atoms with E-state index in [-0.39, 0.29) is 0 Å². The van der Waals surface area contributed by atoms with Crippen LogP contribution >= 0.6 is 0 Å². The van der Waals surface area contributed by atoms with Crippen LogP contribution in [0.1, 0.15) is 34.1 Å². The summed E-state index contributed by atoms with van der Waals surface area (Å²) in [7, 11) is 0. The highest BCUT2D eigenvalue weighted by molar-refractivity contribution is 5.97. The largest absolute Gasteiger partial charge is 0.374 e. The van der Waals surface area contributed by atoms with E-state index >= 15 is 0 Å². The smallest absolute Gasteiger partial charge is 0.253 e. The average molecular weight is 232 g/mol. The quantitative estimate of drug-likeness (QED) is 0.566. The highest BCUT2D eigenvalue weighted by Gasteiger charge is 2.16. The Bertz CT molecular complexity index is 393. The fourth-order valence-electron chi connectivity index (χ4n) is 1.38. The Morgan fingerprint density at radius 1 is 1.53 bits per heavy atom. The van der Waals surface area contributed by atoms with Gasteiger partial charge in [-0.25, -0.2) is 0 Å². The zero-order valence-electron chi connectivity index (χ0n) is 11.0. The van der Waals surface area contributed by atoms with Gasteiger partial charge in [-0.15, -0.1) is 0 Å². The van der Waals surface area contributed by atoms with E-state index in [0.29, 0.717) is 12.1 Å². The number of hydrogen-bond donors (Lipinski definition) is 1. The maximum absolute atomic E-state index is 11.3. The third kappa shape index (κ3) is 5.17. The van der Waals surface area contributed by atoms with Crippen molar-refractivity contribution in [2.24, 2.45) is 0 Å². The van der Waals surface area contributed by atoms with Crippen LogP contribution in [0.5, 0.6) is 0 Å². The molecule has 0 aromatic carbocycles. The van der Waals surface area contributed by atoms with Crippen LogP contribution in [0.2, 0.25) is 0 Å². The lowest BCUT2D eigenvalue weighted by Crippen LogP contribution is -2.34. The van der Waals surface area contributed by atoms with Crippen LogP contribution in [0, 0.1) is 11.3 Å². The molecule has 0 aliphatic rings. The molecule has 0 amide bonds. The molecule has 0 aromatic heterocycles. The lowest BCUT2D eigenvalue weighted by molar-refractivity contribution is -0.115. The average Bonchev–Trinajstić information content (AvgIpc) is 2.31. The monoisotopic (exact) mass is 232 g/mol. The number of nitriles is 1. The summed E-state index contributed by atoms with van der Waals surface area (Å²) in [5, 5.41) is 11.6. The molecule has 0 aliphatic heterocycles. The lowest BCUT2D eigenvalue weighted by atomic mass is 10.1. The Morgan fingerprint density at radius 2 is 2.12 bits per heavy atom. The molecule has 17 heavy (non-hydrogen) atoms. The summed E-state index contributed by atoms with van der Waals surface area (Å²) >= 11 is 0. The fraction of sp³-hybridized carbons (Fsp3) is 0.429. The molecule has 0 radical (unpaired) electrons. The van der Waals surface area contributed by atoms with Crippen LogP contribution in [0.15, 0.2) is 35.6 Å². The van der Waals surface area contributed by atoms with Gasteiger partial charge in [-0.1, -0.05) is 31.2 Å². The number of ketones is 1. The number of carbonyl (C=O) groups is 1. The van der Waals surface area contributed by atoms with E-state index in [1.54, 1.807) is 6.07 Å². The molecule has 1 atom stereocenters. The molecule has 0 heterocycles. The minimum absolute atomic E-state index is 0.457. The maximum Gasteiger partial charge on any atom is 0.253 e. The van der Waals surface area contributed by atoms with Crippen LogP contribution in [0.25, 0.3) is 0 Å². The van der Waals surface area contributed by atoms with Gasteiger partial charge in [-0.05, 0) is 32.8 Å². The summed E-state index contributed by atoms with van der Waals surface area (Å²) in [5.41, 5.74) is 2.76. The van der Waals surface area contributed by atoms with Crippen molar-refractivity contribution >= 4 is 5.78 Å². The molecule has 0 saturated carbocycles. The topological polar surface area (TPSA) is 52.9 Å². The molecule has 92 valence electrons. The molecule has 3 nitrogen and oxygen atoms in total. The molecule has 0 aromatic rings. The normalized spacial score (nSPS) is 12.3. The summed E-state index contributed by atoms with van der Waals surface area (Å²) in [6.07, 6.45) is 4.47. The molecule has 1 unspecified atom stereocenters. The Kier molecular flexibility index (Phi) is 6.65. The van der Waals surface area contributed by atoms with Gasteiger partial charge in [0, 0.05) is 5.70 Å². The van der Waals surface area contributed by atoms with Gasteiger partial charge in [0.25, 0.3) is 5.78 Å². The standard InChI is InChI=1S/C14H20N2O/c1-6-12(8-10(3)4)11(5)16-13(7-2)14(17)9-15/h6,8,13,16H,5,7H2,1-4H3/b12-6+. The minimum Gasteiger partial charge on any atom is -0.374 e. The molecular weight excluding hydrogens is 212 g/mol. The summed E-state index contributed by atoms with van der Waals surface area (Å²) in [5.74, 6) is -0.457. The predicted octanol–water partition coefficient (Wildman–Crippen LogP) is 2.87. The Labute approximate surface area is 104 Å². The number of rotatable bonds is 6. The van der Waals surface area contributed by atoms with Gasteiger partial charge in [-0.2, -0.15) is 5.26 Å². The van der Waals surface area contributed by atoms with Crippen LogP contribution in [-0.4, -0.2) is 11.8 Å². The van der Waals surface area contributed by atoms with E-state index in [9.17, 15) is 4.79 Å². The van der Waals surface area contributed by atoms with Gasteiger partial charge < -0.3 is 5.32 Å². The van der Waals surface area contributed by atoms with Gasteiger partial charge in [-0.3, -0.25) is 4.79 Å². The molecule has 0 spiro atoms. The molecule has 0 aliphatic carbocycles. The molecule has 0 fully saturated rings. The Hall–Kier alpha value is -1.82. The van der Waals surface area contributed by atoms with Crippen molar-refractivity contribution in [3.8, 4) is 6.07 Å². The molecule has 0 bridgehead atoms. The highest BCUT2D eigenvalue weighted by Crippen LogP contribution is 2.11. The van der Waals surface area contributed by atoms with E-state index in [4.69, 9.17) is 5.26 Å². The van der Waals surface area contributed by atoms with E-state index in [0.717, 1.165) is 11.1 Å². The Morgan fingerprint density at radius 3 is 2.47 bits per heavy atom. The number of Topliss-reactive ketones (excluding diaryl/α,β-unsaturated/α-hetero) is 1. The van der Waals surface area contributed by atoms with Crippen LogP contribution in [0.4, 0.5) is 0 Å². The fourth-order valence-corrected chi connectivity index (χ4v) is 1.38. The molecule has 0 saturated heterocycles. The zero-order valence-corrected chi connectivity index (χ0v) is 11.0. The van der Waals surface area contributed by atoms with Crippen molar-refractivity contribution in [3.63, 3.8) is 0 Å². The first-order valence-corrected chi connectivity index (χ1v) is 5.67. The van der Waals surface area contributed by atoms with Crippen molar-refractivity contribution in [2.75, 3.05) is 0 Å². The number of hydrogen-bond acceptors (Lipinski definition) is 3. The second-order valence-electron chi connectivity index (χ2n) is 4.03. The summed E-state index contributed by atoms with van der Waals surface area (Å²) in [6.45, 7) is 11.7. The highest BCUT2D eigenvalue weighted by atomic mass is 16.1. The summed E-state index contributed by atoms with van der Waals surface area (Å²) < 4.78 is 0. The third-order valence-electron chi connectivity index (χ3n) is 2.29. The van der Waals surface area contributed by atoms with Crippen LogP contribution in [-0.2, 0) is 4.79 Å². The Balaban J connectivity index is 4.79. The van der Waals surface area contributed by atoms with E-state index in [2.05, 4.69) is 11.9 Å². The van der Waals surface area contributed by atoms with Crippen molar-refractivity contribution in [1.82, 2.24) is 5.32 Å². The number of allylic oxidation sites excluding steroid dienone is 3. The summed E-state index contributed by atoms with van der Waals surface area (Å²) in [6, 6.07) is 1.16. The van der Waals surface area contributed by atoms with E-state index in [1.165, 1.54) is 0 Å². The first kappa shape index (κ1) is 15.2. The number of nitrogens with one attached hydrogen (secondary N) is 1. The van der Waals surface area contributed by atoms with Crippen molar-refractivity contribution < 1.29 is 4.79 Å². The van der Waals surface area contributed by atoms with Gasteiger partial charge in [0.15, 0.2) is 0 Å². The first-order valence-electron chi connectivity index (χ1n) is 5.67. The molecule has 1 N–H and O–H groups in total. The van der Waals surface area contributed by atoms with E-state index < -0.39 is 11.8 Å². The van der Waals surface area contributed by atoms with Crippen molar-refractivity contribution in [1.29, 1.82) is 5.26 Å². The van der Waals surface area contributed by atoms with Gasteiger partial charge in [0.2, 0.25) is 0 Å². The SMILES string of the molecule is C=C(NC(CC)C(=O)C#N)/C(C=C(C)C)=C/C. The minimum atomic E-state index is -0.479. The molecule has 3 heteroatoms. The van der Waals surface area contributed by atoms with Gasteiger partial charge in [0.05, 0.1) is 6.04 Å². The third-order valence-corrected chi connectivity index (χ3v) is 2.29. The zero-order chi connectivity index (χ0) is 13.4. The van der Waals surface area contributed by atoms with Gasteiger partial charge >= 0.3 is 0 Å². The molecular formula is C14H20N2O. The number of nitrogens with zero attached hydrogens (tertiary/aromatic N) is 1. The van der Waals surface area contributed by atoms with Crippen LogP contribution in [0.3, 0.4) is 0 Å². The lowest BCUT2D eigenvalue weighted by Gasteiger charge is -2.17.